The van der Waals surface area contributed by atoms with Gasteiger partial charge >= 0.3 is 0 Å². The highest BCUT2D eigenvalue weighted by Gasteiger charge is 2.89. The van der Waals surface area contributed by atoms with Gasteiger partial charge in [-0.1, -0.05) is 0 Å². The van der Waals surface area contributed by atoms with Crippen molar-refractivity contribution in [2.45, 2.75) is 18.3 Å². The molecule has 1 saturated heterocycles. The topological polar surface area (TPSA) is 38.7 Å². The molecule has 86 valence electrons. The minimum atomic E-state index is -0.231. The molecule has 3 heteroatoms. The molecule has 1 spiro atoms. The van der Waals surface area contributed by atoms with Crippen LogP contribution in [0.3, 0.4) is 0 Å². The van der Waals surface area contributed by atoms with Crippen LogP contribution in [-0.4, -0.2) is 30.2 Å². The molecule has 0 aromatic carbocycles. The molecule has 6 fully saturated rings. The van der Waals surface area contributed by atoms with Crippen LogP contribution in [0.2, 0.25) is 0 Å². The molecule has 0 aromatic rings. The summed E-state index contributed by atoms with van der Waals surface area (Å²) in [7, 11) is 0. The van der Waals surface area contributed by atoms with Crippen molar-refractivity contribution in [2.24, 2.45) is 47.3 Å². The largest absolute Gasteiger partial charge is 0.393 e. The van der Waals surface area contributed by atoms with E-state index in [9.17, 15) is 5.11 Å². The Labute approximate surface area is 94.1 Å². The van der Waals surface area contributed by atoms with Gasteiger partial charge in [-0.2, -0.15) is 0 Å². The van der Waals surface area contributed by atoms with Gasteiger partial charge in [0, 0.05) is 11.8 Å². The predicted octanol–water partition coefficient (Wildman–Crippen LogP) is 0.478. The predicted molar refractivity (Wildman–Crippen MR) is 53.2 cm³/mol. The van der Waals surface area contributed by atoms with E-state index in [1.807, 2.05) is 0 Å². The van der Waals surface area contributed by atoms with E-state index in [0.29, 0.717) is 23.7 Å². The zero-order chi connectivity index (χ0) is 10.2. The summed E-state index contributed by atoms with van der Waals surface area (Å²) in [6, 6.07) is 0. The van der Waals surface area contributed by atoms with Crippen molar-refractivity contribution in [1.29, 1.82) is 0 Å². The van der Waals surface area contributed by atoms with Crippen LogP contribution in [0.1, 0.15) is 6.42 Å². The highest BCUT2D eigenvalue weighted by atomic mass is 16.7. The quantitative estimate of drug-likeness (QED) is 0.645. The molecule has 0 unspecified atom stereocenters. The lowest BCUT2D eigenvalue weighted by atomic mass is 9.57. The summed E-state index contributed by atoms with van der Waals surface area (Å²) >= 11 is 0. The zero-order valence-corrected chi connectivity index (χ0v) is 9.08. The van der Waals surface area contributed by atoms with Crippen LogP contribution in [-0.2, 0) is 9.47 Å². The summed E-state index contributed by atoms with van der Waals surface area (Å²) in [4.78, 5) is 0. The van der Waals surface area contributed by atoms with Crippen LogP contribution in [0.4, 0.5) is 0 Å². The fraction of sp³-hybridized carbons (Fsp3) is 1.00. The molecule has 2 bridgehead atoms. The first kappa shape index (κ1) is 8.06. The van der Waals surface area contributed by atoms with Gasteiger partial charge in [0.2, 0.25) is 0 Å². The van der Waals surface area contributed by atoms with E-state index in [1.165, 1.54) is 6.42 Å². The smallest absolute Gasteiger partial charge is 0.175 e. The van der Waals surface area contributed by atoms with Crippen LogP contribution in [0.5, 0.6) is 0 Å². The number of aliphatic hydroxyl groups excluding tert-OH is 1. The number of fused-ring (bicyclic) bond motifs is 4. The summed E-state index contributed by atoms with van der Waals surface area (Å²) in [6.45, 7) is 1.55. The molecule has 6 aliphatic rings. The van der Waals surface area contributed by atoms with Crippen LogP contribution >= 0.6 is 0 Å². The van der Waals surface area contributed by atoms with Crippen molar-refractivity contribution in [1.82, 2.24) is 0 Å². The monoisotopic (exact) mass is 220 g/mol. The molecule has 0 radical (unpaired) electrons. The SMILES string of the molecule is O[C@H]1[C@@H]2[C@@H]3[C@@H]4C[C@H]5[C@H]3[C@H]2C2(OCCO2)[C@H]5[C@H]14. The van der Waals surface area contributed by atoms with E-state index in [1.54, 1.807) is 0 Å². The Balaban J connectivity index is 1.64. The molecular weight excluding hydrogens is 204 g/mol. The van der Waals surface area contributed by atoms with Crippen LogP contribution in [0.15, 0.2) is 0 Å². The first-order chi connectivity index (χ1) is 7.84. The van der Waals surface area contributed by atoms with Gasteiger partial charge in [0.25, 0.3) is 0 Å². The number of rotatable bonds is 0. The van der Waals surface area contributed by atoms with Crippen molar-refractivity contribution in [3.05, 3.63) is 0 Å². The Kier molecular flexibility index (Phi) is 1.01. The molecule has 9 atom stereocenters. The van der Waals surface area contributed by atoms with Crippen LogP contribution in [0.25, 0.3) is 0 Å². The molecule has 5 saturated carbocycles. The van der Waals surface area contributed by atoms with Gasteiger partial charge in [0.1, 0.15) is 0 Å². The molecule has 16 heavy (non-hydrogen) atoms. The first-order valence-electron chi connectivity index (χ1n) is 6.80. The van der Waals surface area contributed by atoms with Gasteiger partial charge in [0.05, 0.1) is 19.3 Å². The average Bonchev–Trinajstić information content (AvgIpc) is 2.87. The van der Waals surface area contributed by atoms with Crippen molar-refractivity contribution in [2.75, 3.05) is 13.2 Å². The van der Waals surface area contributed by atoms with Gasteiger partial charge in [-0.25, -0.2) is 0 Å². The van der Waals surface area contributed by atoms with Gasteiger partial charge in [-0.15, -0.1) is 0 Å². The fourth-order valence-corrected chi connectivity index (χ4v) is 7.27. The van der Waals surface area contributed by atoms with Crippen molar-refractivity contribution in [3.63, 3.8) is 0 Å². The number of aliphatic hydroxyl groups is 1. The summed E-state index contributed by atoms with van der Waals surface area (Å²) < 4.78 is 12.2. The van der Waals surface area contributed by atoms with E-state index in [2.05, 4.69) is 0 Å². The van der Waals surface area contributed by atoms with Gasteiger partial charge in [-0.05, 0) is 41.9 Å². The second-order valence-corrected chi connectivity index (χ2v) is 6.83. The average molecular weight is 220 g/mol. The van der Waals surface area contributed by atoms with Gasteiger partial charge in [-0.3, -0.25) is 0 Å². The Morgan fingerprint density at radius 2 is 1.69 bits per heavy atom. The zero-order valence-electron chi connectivity index (χ0n) is 9.08. The molecular formula is C13H16O3. The Hall–Kier alpha value is -0.120. The standard InChI is InChI=1S/C13H16O3/c14-12-8-4-3-5-7-6(4)9(12)11(7)13(10(5)8)15-1-2-16-13/h4-12,14H,1-3H2/t4-,5-,6+,7+,8+,9+,10+,11+,12+/m0/s1. The van der Waals surface area contributed by atoms with Gasteiger partial charge < -0.3 is 14.6 Å². The molecule has 3 nitrogen and oxygen atoms in total. The lowest BCUT2D eigenvalue weighted by Gasteiger charge is -2.52. The first-order valence-corrected chi connectivity index (χ1v) is 6.80. The molecule has 1 N–H and O–H groups in total. The van der Waals surface area contributed by atoms with E-state index in [4.69, 9.17) is 9.47 Å². The van der Waals surface area contributed by atoms with E-state index in [0.717, 1.165) is 36.9 Å². The van der Waals surface area contributed by atoms with Gasteiger partial charge in [0.15, 0.2) is 5.79 Å². The molecule has 0 amide bonds. The Bertz CT molecular complexity index is 402. The van der Waals surface area contributed by atoms with Crippen LogP contribution < -0.4 is 0 Å². The summed E-state index contributed by atoms with van der Waals surface area (Å²) in [5.74, 6) is 5.26. The lowest BCUT2D eigenvalue weighted by Crippen LogP contribution is -2.59. The molecule has 6 rings (SSSR count). The molecule has 1 heterocycles. The normalized spacial score (nSPS) is 74.4. The van der Waals surface area contributed by atoms with Crippen molar-refractivity contribution < 1.29 is 14.6 Å². The highest BCUT2D eigenvalue weighted by Crippen LogP contribution is 2.86. The number of hydrogen-bond donors (Lipinski definition) is 1. The molecule has 5 aliphatic carbocycles. The summed E-state index contributed by atoms with van der Waals surface area (Å²) in [5, 5.41) is 10.4. The van der Waals surface area contributed by atoms with Crippen molar-refractivity contribution >= 4 is 0 Å². The third-order valence-corrected chi connectivity index (χ3v) is 7.08. The molecule has 1 aliphatic heterocycles. The van der Waals surface area contributed by atoms with E-state index in [-0.39, 0.29) is 11.9 Å². The fourth-order valence-electron chi connectivity index (χ4n) is 7.27. The van der Waals surface area contributed by atoms with Crippen LogP contribution in [0, 0.1) is 47.3 Å². The third kappa shape index (κ3) is 0.485. The Morgan fingerprint density at radius 1 is 0.875 bits per heavy atom. The summed E-state index contributed by atoms with van der Waals surface area (Å²) in [5.41, 5.74) is 0. The number of hydrogen-bond acceptors (Lipinski definition) is 3. The second kappa shape index (κ2) is 2.00. The maximum atomic E-state index is 10.4. The third-order valence-electron chi connectivity index (χ3n) is 7.08. The van der Waals surface area contributed by atoms with E-state index < -0.39 is 0 Å². The van der Waals surface area contributed by atoms with E-state index >= 15 is 0 Å². The Morgan fingerprint density at radius 3 is 2.50 bits per heavy atom. The lowest BCUT2D eigenvalue weighted by molar-refractivity contribution is -0.277. The molecule has 0 aromatic heterocycles. The van der Waals surface area contributed by atoms with Crippen molar-refractivity contribution in [3.8, 4) is 0 Å². The summed E-state index contributed by atoms with van der Waals surface area (Å²) in [6.07, 6.45) is 1.34. The maximum Gasteiger partial charge on any atom is 0.175 e. The minimum absolute atomic E-state index is 0.0211. The highest BCUT2D eigenvalue weighted by molar-refractivity contribution is 5.33. The second-order valence-electron chi connectivity index (χ2n) is 6.83. The number of ether oxygens (including phenoxy) is 2. The minimum Gasteiger partial charge on any atom is -0.393 e. The maximum absolute atomic E-state index is 10.4.